The maximum atomic E-state index is 12.7. The zero-order valence-electron chi connectivity index (χ0n) is 18.7. The summed E-state index contributed by atoms with van der Waals surface area (Å²) < 4.78 is 16.9. The highest BCUT2D eigenvalue weighted by molar-refractivity contribution is 5.78. The number of hydrogen-bond donors (Lipinski definition) is 0. The van der Waals surface area contributed by atoms with Gasteiger partial charge in [-0.15, -0.1) is 0 Å². The Bertz CT molecular complexity index is 858. The van der Waals surface area contributed by atoms with E-state index in [1.54, 1.807) is 11.0 Å². The molecule has 7 heteroatoms. The maximum absolute atomic E-state index is 12.7. The number of rotatable bonds is 10. The summed E-state index contributed by atoms with van der Waals surface area (Å²) >= 11 is 0. The molecule has 1 saturated heterocycles. The summed E-state index contributed by atoms with van der Waals surface area (Å²) in [5.41, 5.74) is 0. The van der Waals surface area contributed by atoms with E-state index in [4.69, 9.17) is 14.2 Å². The number of carbonyl (C=O) groups is 2. The number of nitrogens with zero attached hydrogens (tertiary/aromatic N) is 2. The van der Waals surface area contributed by atoms with Crippen LogP contribution in [0.4, 0.5) is 0 Å². The third kappa shape index (κ3) is 7.18. The van der Waals surface area contributed by atoms with Gasteiger partial charge in [-0.05, 0) is 44.0 Å². The number of carbonyl (C=O) groups excluding carboxylic acids is 2. The van der Waals surface area contributed by atoms with Gasteiger partial charge in [0, 0.05) is 32.6 Å². The van der Waals surface area contributed by atoms with Crippen molar-refractivity contribution in [1.82, 2.24) is 9.80 Å². The predicted octanol–water partition coefficient (Wildman–Crippen LogP) is 3.38. The van der Waals surface area contributed by atoms with Crippen molar-refractivity contribution in [2.75, 3.05) is 46.0 Å². The minimum absolute atomic E-state index is 0.0468. The molecule has 1 aliphatic rings. The molecule has 1 fully saturated rings. The molecule has 2 aromatic carbocycles. The van der Waals surface area contributed by atoms with Crippen LogP contribution >= 0.6 is 0 Å². The third-order valence-corrected chi connectivity index (χ3v) is 5.25. The number of hydrogen-bond acceptors (Lipinski definition) is 5. The van der Waals surface area contributed by atoms with E-state index in [0.29, 0.717) is 63.7 Å². The smallest absolute Gasteiger partial charge is 0.260 e. The lowest BCUT2D eigenvalue weighted by Crippen LogP contribution is -2.39. The topological polar surface area (TPSA) is 68.3 Å². The van der Waals surface area contributed by atoms with E-state index in [9.17, 15) is 9.59 Å². The summed E-state index contributed by atoms with van der Waals surface area (Å²) in [5.74, 6) is 2.04. The van der Waals surface area contributed by atoms with Crippen LogP contribution in [-0.4, -0.2) is 67.6 Å². The SMILES string of the molecule is CCOc1ccccc1OCC(=O)N1CCCN(C(=O)CCCOc2ccccc2)CC1. The van der Waals surface area contributed by atoms with Crippen LogP contribution in [0.3, 0.4) is 0 Å². The zero-order valence-corrected chi connectivity index (χ0v) is 18.7. The van der Waals surface area contributed by atoms with Crippen molar-refractivity contribution in [3.05, 3.63) is 54.6 Å². The molecule has 0 aliphatic carbocycles. The maximum Gasteiger partial charge on any atom is 0.260 e. The molecule has 0 aromatic heterocycles. The Kier molecular flexibility index (Phi) is 9.22. The van der Waals surface area contributed by atoms with Crippen LogP contribution in [0.1, 0.15) is 26.2 Å². The lowest BCUT2D eigenvalue weighted by molar-refractivity contribution is -0.134. The Labute approximate surface area is 189 Å². The third-order valence-electron chi connectivity index (χ3n) is 5.25. The van der Waals surface area contributed by atoms with Crippen LogP contribution in [0.5, 0.6) is 17.2 Å². The summed E-state index contributed by atoms with van der Waals surface area (Å²) in [4.78, 5) is 28.9. The van der Waals surface area contributed by atoms with Gasteiger partial charge in [0.1, 0.15) is 5.75 Å². The van der Waals surface area contributed by atoms with Gasteiger partial charge in [-0.2, -0.15) is 0 Å². The second-order valence-electron chi connectivity index (χ2n) is 7.55. The second-order valence-corrected chi connectivity index (χ2v) is 7.55. The van der Waals surface area contributed by atoms with Gasteiger partial charge in [-0.3, -0.25) is 9.59 Å². The molecule has 0 atom stereocenters. The van der Waals surface area contributed by atoms with Crippen LogP contribution in [-0.2, 0) is 9.59 Å². The van der Waals surface area contributed by atoms with Gasteiger partial charge in [-0.25, -0.2) is 0 Å². The van der Waals surface area contributed by atoms with Gasteiger partial charge in [-0.1, -0.05) is 30.3 Å². The Morgan fingerprint density at radius 2 is 1.41 bits per heavy atom. The first kappa shape index (κ1) is 23.4. The van der Waals surface area contributed by atoms with Crippen LogP contribution in [0.15, 0.2) is 54.6 Å². The lowest BCUT2D eigenvalue weighted by atomic mass is 10.2. The number of para-hydroxylation sites is 3. The largest absolute Gasteiger partial charge is 0.494 e. The average Bonchev–Trinajstić information content (AvgIpc) is 3.08. The monoisotopic (exact) mass is 440 g/mol. The molecule has 7 nitrogen and oxygen atoms in total. The molecule has 0 bridgehead atoms. The summed E-state index contributed by atoms with van der Waals surface area (Å²) in [7, 11) is 0. The highest BCUT2D eigenvalue weighted by Gasteiger charge is 2.22. The molecule has 172 valence electrons. The summed E-state index contributed by atoms with van der Waals surface area (Å²) in [5, 5.41) is 0. The molecule has 32 heavy (non-hydrogen) atoms. The number of amides is 2. The van der Waals surface area contributed by atoms with Crippen molar-refractivity contribution in [3.8, 4) is 17.2 Å². The van der Waals surface area contributed by atoms with Crippen LogP contribution < -0.4 is 14.2 Å². The summed E-state index contributed by atoms with van der Waals surface area (Å²) in [6.45, 7) is 5.24. The van der Waals surface area contributed by atoms with E-state index in [-0.39, 0.29) is 18.4 Å². The fourth-order valence-electron chi connectivity index (χ4n) is 3.58. The Balaban J connectivity index is 1.39. The first-order chi connectivity index (χ1) is 15.7. The molecule has 3 rings (SSSR count). The standard InChI is InChI=1S/C25H32N2O5/c1-2-30-22-12-6-7-13-23(22)32-20-25(29)27-16-9-15-26(17-18-27)24(28)14-8-19-31-21-10-4-3-5-11-21/h3-7,10-13H,2,8-9,14-20H2,1H3. The average molecular weight is 441 g/mol. The zero-order chi connectivity index (χ0) is 22.6. The number of ether oxygens (including phenoxy) is 3. The van der Waals surface area contributed by atoms with E-state index in [1.165, 1.54) is 0 Å². The molecular weight excluding hydrogens is 408 g/mol. The quantitative estimate of drug-likeness (QED) is 0.530. The van der Waals surface area contributed by atoms with Gasteiger partial charge in [0.2, 0.25) is 5.91 Å². The van der Waals surface area contributed by atoms with Crippen LogP contribution in [0.2, 0.25) is 0 Å². The first-order valence-corrected chi connectivity index (χ1v) is 11.3. The van der Waals surface area contributed by atoms with Crippen molar-refractivity contribution >= 4 is 11.8 Å². The van der Waals surface area contributed by atoms with Crippen LogP contribution in [0.25, 0.3) is 0 Å². The van der Waals surface area contributed by atoms with Crippen molar-refractivity contribution in [2.24, 2.45) is 0 Å². The van der Waals surface area contributed by atoms with Gasteiger partial charge >= 0.3 is 0 Å². The van der Waals surface area contributed by atoms with E-state index in [1.807, 2.05) is 60.4 Å². The van der Waals surface area contributed by atoms with Crippen molar-refractivity contribution < 1.29 is 23.8 Å². The van der Waals surface area contributed by atoms with E-state index in [2.05, 4.69) is 0 Å². The normalized spacial score (nSPS) is 13.9. The Morgan fingerprint density at radius 1 is 0.781 bits per heavy atom. The molecule has 0 spiro atoms. The molecule has 2 amide bonds. The molecular formula is C25H32N2O5. The fourth-order valence-corrected chi connectivity index (χ4v) is 3.58. The van der Waals surface area contributed by atoms with E-state index in [0.717, 1.165) is 12.2 Å². The minimum Gasteiger partial charge on any atom is -0.494 e. The lowest BCUT2D eigenvalue weighted by Gasteiger charge is -2.22. The minimum atomic E-state index is -0.0816. The van der Waals surface area contributed by atoms with E-state index < -0.39 is 0 Å². The van der Waals surface area contributed by atoms with E-state index >= 15 is 0 Å². The molecule has 0 unspecified atom stereocenters. The van der Waals surface area contributed by atoms with Crippen LogP contribution in [0, 0.1) is 0 Å². The highest BCUT2D eigenvalue weighted by Crippen LogP contribution is 2.26. The first-order valence-electron chi connectivity index (χ1n) is 11.3. The fraction of sp³-hybridized carbons (Fsp3) is 0.440. The Morgan fingerprint density at radius 3 is 2.09 bits per heavy atom. The molecule has 0 radical (unpaired) electrons. The molecule has 1 heterocycles. The predicted molar refractivity (Wildman–Crippen MR) is 122 cm³/mol. The van der Waals surface area contributed by atoms with Crippen molar-refractivity contribution in [3.63, 3.8) is 0 Å². The van der Waals surface area contributed by atoms with Crippen molar-refractivity contribution in [2.45, 2.75) is 26.2 Å². The second kappa shape index (κ2) is 12.6. The van der Waals surface area contributed by atoms with Gasteiger partial charge in [0.25, 0.3) is 5.91 Å². The van der Waals surface area contributed by atoms with Crippen molar-refractivity contribution in [1.29, 1.82) is 0 Å². The summed E-state index contributed by atoms with van der Waals surface area (Å²) in [6.07, 6.45) is 1.87. The van der Waals surface area contributed by atoms with Gasteiger partial charge in [0.15, 0.2) is 18.1 Å². The molecule has 0 saturated carbocycles. The number of benzene rings is 2. The highest BCUT2D eigenvalue weighted by atomic mass is 16.5. The molecule has 1 aliphatic heterocycles. The van der Waals surface area contributed by atoms with Gasteiger partial charge < -0.3 is 24.0 Å². The molecule has 0 N–H and O–H groups in total. The Hall–Kier alpha value is -3.22. The molecule has 2 aromatic rings. The summed E-state index contributed by atoms with van der Waals surface area (Å²) in [6, 6.07) is 16.9. The van der Waals surface area contributed by atoms with Gasteiger partial charge in [0.05, 0.1) is 13.2 Å².